The highest BCUT2D eigenvalue weighted by Gasteiger charge is 2.28. The lowest BCUT2D eigenvalue weighted by molar-refractivity contribution is 0.181. The Hall–Kier alpha value is -2.20. The number of hydrogen-bond donors (Lipinski definition) is 0. The molecule has 124 valence electrons. The van der Waals surface area contributed by atoms with Gasteiger partial charge in [0.15, 0.2) is 0 Å². The van der Waals surface area contributed by atoms with Crippen LogP contribution in [-0.4, -0.2) is 43.8 Å². The van der Waals surface area contributed by atoms with Gasteiger partial charge in [-0.1, -0.05) is 30.3 Å². The Morgan fingerprint density at radius 2 is 1.54 bits per heavy atom. The van der Waals surface area contributed by atoms with E-state index < -0.39 is 10.0 Å². The van der Waals surface area contributed by atoms with Gasteiger partial charge in [-0.3, -0.25) is 4.90 Å². The van der Waals surface area contributed by atoms with Gasteiger partial charge in [0.1, 0.15) is 0 Å². The van der Waals surface area contributed by atoms with Crippen LogP contribution in [0.1, 0.15) is 11.1 Å². The number of rotatable bonds is 4. The second kappa shape index (κ2) is 7.14. The van der Waals surface area contributed by atoms with Crippen molar-refractivity contribution in [2.75, 3.05) is 26.2 Å². The van der Waals surface area contributed by atoms with Crippen molar-refractivity contribution >= 4 is 10.0 Å². The second-order valence-electron chi connectivity index (χ2n) is 5.80. The average molecular weight is 341 g/mol. The Labute approximate surface area is 142 Å². The molecule has 0 atom stereocenters. The molecule has 2 aromatic carbocycles. The van der Waals surface area contributed by atoms with E-state index in [-0.39, 0.29) is 0 Å². The molecule has 24 heavy (non-hydrogen) atoms. The van der Waals surface area contributed by atoms with Crippen LogP contribution < -0.4 is 0 Å². The van der Waals surface area contributed by atoms with Crippen LogP contribution >= 0.6 is 0 Å². The summed E-state index contributed by atoms with van der Waals surface area (Å²) in [6, 6.07) is 18.2. The maximum absolute atomic E-state index is 12.6. The first-order chi connectivity index (χ1) is 11.6. The van der Waals surface area contributed by atoms with Gasteiger partial charge < -0.3 is 0 Å². The number of nitrogens with zero attached hydrogens (tertiary/aromatic N) is 3. The van der Waals surface area contributed by atoms with Gasteiger partial charge in [0.05, 0.1) is 16.5 Å². The van der Waals surface area contributed by atoms with E-state index in [9.17, 15) is 8.42 Å². The molecule has 2 aromatic rings. The number of hydrogen-bond acceptors (Lipinski definition) is 4. The van der Waals surface area contributed by atoms with E-state index in [0.717, 1.165) is 12.1 Å². The number of benzene rings is 2. The van der Waals surface area contributed by atoms with Crippen LogP contribution in [0, 0.1) is 11.3 Å². The number of piperazine rings is 1. The molecule has 0 saturated carbocycles. The van der Waals surface area contributed by atoms with Crippen LogP contribution in [0.3, 0.4) is 0 Å². The highest BCUT2D eigenvalue weighted by molar-refractivity contribution is 7.89. The van der Waals surface area contributed by atoms with Crippen LogP contribution in [0.5, 0.6) is 0 Å². The van der Waals surface area contributed by atoms with Crippen molar-refractivity contribution in [1.82, 2.24) is 9.21 Å². The van der Waals surface area contributed by atoms with Gasteiger partial charge >= 0.3 is 0 Å². The quantitative estimate of drug-likeness (QED) is 0.854. The van der Waals surface area contributed by atoms with E-state index in [0.29, 0.717) is 36.6 Å². The highest BCUT2D eigenvalue weighted by atomic mass is 32.2. The molecule has 1 saturated heterocycles. The summed E-state index contributed by atoms with van der Waals surface area (Å²) in [6.07, 6.45) is 0. The second-order valence-corrected chi connectivity index (χ2v) is 7.74. The summed E-state index contributed by atoms with van der Waals surface area (Å²) in [6.45, 7) is 3.16. The van der Waals surface area contributed by atoms with Crippen molar-refractivity contribution in [3.63, 3.8) is 0 Å². The largest absolute Gasteiger partial charge is 0.296 e. The standard InChI is InChI=1S/C18H19N3O2S/c19-14-16-6-8-17(9-7-16)15-20-10-12-21(13-11-20)24(22,23)18-4-2-1-3-5-18/h1-9H,10-13,15H2. The van der Waals surface area contributed by atoms with Crippen molar-refractivity contribution in [3.05, 3.63) is 65.7 Å². The summed E-state index contributed by atoms with van der Waals surface area (Å²) < 4.78 is 26.8. The summed E-state index contributed by atoms with van der Waals surface area (Å²) in [5.41, 5.74) is 1.78. The molecular weight excluding hydrogens is 322 g/mol. The molecule has 0 N–H and O–H groups in total. The minimum Gasteiger partial charge on any atom is -0.296 e. The minimum atomic E-state index is -3.40. The van der Waals surface area contributed by atoms with Crippen molar-refractivity contribution < 1.29 is 8.42 Å². The topological polar surface area (TPSA) is 64.4 Å². The lowest BCUT2D eigenvalue weighted by Gasteiger charge is -2.34. The summed E-state index contributed by atoms with van der Waals surface area (Å²) in [5.74, 6) is 0. The molecule has 1 fully saturated rings. The van der Waals surface area contributed by atoms with Crippen LogP contribution in [-0.2, 0) is 16.6 Å². The summed E-state index contributed by atoms with van der Waals surface area (Å²) in [7, 11) is -3.40. The zero-order valence-electron chi connectivity index (χ0n) is 13.3. The predicted octanol–water partition coefficient (Wildman–Crippen LogP) is 2.06. The number of sulfonamides is 1. The van der Waals surface area contributed by atoms with Crippen LogP contribution in [0.4, 0.5) is 0 Å². The Morgan fingerprint density at radius 1 is 0.917 bits per heavy atom. The fourth-order valence-electron chi connectivity index (χ4n) is 2.81. The Bertz CT molecular complexity index is 819. The molecule has 1 aliphatic heterocycles. The van der Waals surface area contributed by atoms with E-state index in [2.05, 4.69) is 11.0 Å². The molecule has 0 unspecified atom stereocenters. The first-order valence-corrected chi connectivity index (χ1v) is 9.30. The fourth-order valence-corrected chi connectivity index (χ4v) is 4.26. The molecule has 0 aromatic heterocycles. The molecule has 5 nitrogen and oxygen atoms in total. The normalized spacial score (nSPS) is 16.6. The first-order valence-electron chi connectivity index (χ1n) is 7.86. The van der Waals surface area contributed by atoms with E-state index in [4.69, 9.17) is 5.26 Å². The monoisotopic (exact) mass is 341 g/mol. The Balaban J connectivity index is 1.60. The summed E-state index contributed by atoms with van der Waals surface area (Å²) >= 11 is 0. The third-order valence-electron chi connectivity index (χ3n) is 4.20. The molecule has 0 bridgehead atoms. The molecule has 0 aliphatic carbocycles. The predicted molar refractivity (Wildman–Crippen MR) is 91.6 cm³/mol. The van der Waals surface area contributed by atoms with Crippen molar-refractivity contribution in [1.29, 1.82) is 5.26 Å². The van der Waals surface area contributed by atoms with Gasteiger partial charge in [-0.25, -0.2) is 8.42 Å². The van der Waals surface area contributed by atoms with E-state index in [1.807, 2.05) is 30.3 Å². The van der Waals surface area contributed by atoms with Crippen molar-refractivity contribution in [3.8, 4) is 6.07 Å². The maximum atomic E-state index is 12.6. The van der Waals surface area contributed by atoms with Crippen molar-refractivity contribution in [2.45, 2.75) is 11.4 Å². The first kappa shape index (κ1) is 16.7. The van der Waals surface area contributed by atoms with Gasteiger partial charge in [0.25, 0.3) is 0 Å². The van der Waals surface area contributed by atoms with E-state index >= 15 is 0 Å². The molecule has 0 radical (unpaired) electrons. The smallest absolute Gasteiger partial charge is 0.243 e. The average Bonchev–Trinajstić information content (AvgIpc) is 2.63. The lowest BCUT2D eigenvalue weighted by atomic mass is 10.1. The van der Waals surface area contributed by atoms with Crippen LogP contribution in [0.2, 0.25) is 0 Å². The zero-order valence-corrected chi connectivity index (χ0v) is 14.1. The SMILES string of the molecule is N#Cc1ccc(CN2CCN(S(=O)(=O)c3ccccc3)CC2)cc1. The van der Waals surface area contributed by atoms with Gasteiger partial charge in [-0.15, -0.1) is 0 Å². The molecule has 3 rings (SSSR count). The Morgan fingerprint density at radius 3 is 2.12 bits per heavy atom. The molecule has 1 aliphatic rings. The molecule has 0 spiro atoms. The van der Waals surface area contributed by atoms with Crippen LogP contribution in [0.15, 0.2) is 59.5 Å². The third-order valence-corrected chi connectivity index (χ3v) is 6.11. The highest BCUT2D eigenvalue weighted by Crippen LogP contribution is 2.18. The Kier molecular flexibility index (Phi) is 4.95. The van der Waals surface area contributed by atoms with Gasteiger partial charge in [0, 0.05) is 32.7 Å². The minimum absolute atomic E-state index is 0.352. The molecular formula is C18H19N3O2S. The number of nitriles is 1. The molecule has 6 heteroatoms. The van der Waals surface area contributed by atoms with Crippen molar-refractivity contribution in [2.24, 2.45) is 0 Å². The van der Waals surface area contributed by atoms with Crippen LogP contribution in [0.25, 0.3) is 0 Å². The summed E-state index contributed by atoms with van der Waals surface area (Å²) in [4.78, 5) is 2.59. The van der Waals surface area contributed by atoms with Gasteiger partial charge in [0.2, 0.25) is 10.0 Å². The third kappa shape index (κ3) is 3.65. The van der Waals surface area contributed by atoms with E-state index in [1.165, 1.54) is 0 Å². The lowest BCUT2D eigenvalue weighted by Crippen LogP contribution is -2.48. The van der Waals surface area contributed by atoms with Gasteiger partial charge in [-0.05, 0) is 29.8 Å². The summed E-state index contributed by atoms with van der Waals surface area (Å²) in [5, 5.41) is 8.83. The zero-order chi connectivity index (χ0) is 17.0. The molecule has 0 amide bonds. The fraction of sp³-hybridized carbons (Fsp3) is 0.278. The maximum Gasteiger partial charge on any atom is 0.243 e. The van der Waals surface area contributed by atoms with E-state index in [1.54, 1.807) is 28.6 Å². The van der Waals surface area contributed by atoms with Gasteiger partial charge in [-0.2, -0.15) is 9.57 Å². The molecule has 1 heterocycles.